The molecule has 0 spiro atoms. The van der Waals surface area contributed by atoms with Crippen LogP contribution in [0.2, 0.25) is 5.02 Å². The van der Waals surface area contributed by atoms with Crippen LogP contribution in [0.25, 0.3) is 0 Å². The summed E-state index contributed by atoms with van der Waals surface area (Å²) in [6, 6.07) is 12.9. The lowest BCUT2D eigenvalue weighted by Gasteiger charge is -2.11. The van der Waals surface area contributed by atoms with Crippen molar-refractivity contribution in [1.82, 2.24) is 0 Å². The Labute approximate surface area is 122 Å². The molecule has 0 amide bonds. The van der Waals surface area contributed by atoms with Gasteiger partial charge in [-0.15, -0.1) is 0 Å². The molecule has 2 aromatic rings. The van der Waals surface area contributed by atoms with Gasteiger partial charge in [-0.1, -0.05) is 40.5 Å². The third kappa shape index (κ3) is 3.42. The van der Waals surface area contributed by atoms with Crippen molar-refractivity contribution in [2.75, 3.05) is 0 Å². The minimum atomic E-state index is 0.0276. The number of hydrogen-bond donors (Lipinski definition) is 2. The first-order chi connectivity index (χ1) is 9.60. The van der Waals surface area contributed by atoms with Crippen LogP contribution in [0, 0.1) is 6.92 Å². The molecule has 0 heterocycles. The van der Waals surface area contributed by atoms with Crippen molar-refractivity contribution in [3.8, 4) is 5.75 Å². The Kier molecular flexibility index (Phi) is 4.48. The lowest BCUT2D eigenvalue weighted by atomic mass is 10.1. The van der Waals surface area contributed by atoms with Gasteiger partial charge >= 0.3 is 0 Å². The third-order valence-electron chi connectivity index (χ3n) is 2.83. The fraction of sp³-hybridized carbons (Fsp3) is 0.133. The second-order valence-electron chi connectivity index (χ2n) is 4.40. The van der Waals surface area contributed by atoms with E-state index >= 15 is 0 Å². The second-order valence-corrected chi connectivity index (χ2v) is 4.84. The molecule has 2 rings (SSSR count). The van der Waals surface area contributed by atoms with Crippen LogP contribution in [0.5, 0.6) is 5.75 Å². The standard InChI is InChI=1S/C15H15ClN2O2/c1-10-2-7-14(13(8-10)15(17)18-19)20-9-11-3-5-12(16)6-4-11/h2-8,19H,9H2,1H3,(H2,17,18). The summed E-state index contributed by atoms with van der Waals surface area (Å²) in [5.74, 6) is 0.598. The van der Waals surface area contributed by atoms with Crippen molar-refractivity contribution < 1.29 is 9.94 Å². The van der Waals surface area contributed by atoms with Crippen LogP contribution in [-0.4, -0.2) is 11.0 Å². The SMILES string of the molecule is Cc1ccc(OCc2ccc(Cl)cc2)c(/C(N)=N/O)c1. The predicted octanol–water partition coefficient (Wildman–Crippen LogP) is 3.32. The Morgan fingerprint density at radius 3 is 2.60 bits per heavy atom. The van der Waals surface area contributed by atoms with Crippen LogP contribution in [0.1, 0.15) is 16.7 Å². The molecule has 0 saturated carbocycles. The summed E-state index contributed by atoms with van der Waals surface area (Å²) in [7, 11) is 0. The van der Waals surface area contributed by atoms with E-state index in [9.17, 15) is 0 Å². The van der Waals surface area contributed by atoms with Gasteiger partial charge in [-0.3, -0.25) is 0 Å². The fourth-order valence-corrected chi connectivity index (χ4v) is 1.89. The number of ether oxygens (including phenoxy) is 1. The molecule has 0 aromatic heterocycles. The van der Waals surface area contributed by atoms with Gasteiger partial charge in [0.15, 0.2) is 5.84 Å². The van der Waals surface area contributed by atoms with Gasteiger partial charge in [-0.25, -0.2) is 0 Å². The summed E-state index contributed by atoms with van der Waals surface area (Å²) in [4.78, 5) is 0. The highest BCUT2D eigenvalue weighted by atomic mass is 35.5. The number of nitrogens with zero attached hydrogens (tertiary/aromatic N) is 1. The van der Waals surface area contributed by atoms with Crippen LogP contribution in [-0.2, 0) is 6.61 Å². The number of oxime groups is 1. The molecular weight excluding hydrogens is 276 g/mol. The van der Waals surface area contributed by atoms with E-state index in [1.54, 1.807) is 18.2 Å². The molecule has 0 bridgehead atoms. The minimum Gasteiger partial charge on any atom is -0.488 e. The maximum Gasteiger partial charge on any atom is 0.173 e. The molecule has 2 aromatic carbocycles. The molecule has 0 atom stereocenters. The van der Waals surface area contributed by atoms with Gasteiger partial charge in [-0.2, -0.15) is 0 Å². The van der Waals surface area contributed by atoms with Crippen LogP contribution in [0.15, 0.2) is 47.6 Å². The molecule has 4 nitrogen and oxygen atoms in total. The minimum absolute atomic E-state index is 0.0276. The maximum atomic E-state index is 8.81. The highest BCUT2D eigenvalue weighted by Gasteiger charge is 2.09. The van der Waals surface area contributed by atoms with Crippen LogP contribution in [0.3, 0.4) is 0 Å². The van der Waals surface area contributed by atoms with Crippen molar-refractivity contribution in [3.63, 3.8) is 0 Å². The molecule has 0 aliphatic heterocycles. The largest absolute Gasteiger partial charge is 0.488 e. The average molecular weight is 291 g/mol. The van der Waals surface area contributed by atoms with Crippen LogP contribution in [0.4, 0.5) is 0 Å². The van der Waals surface area contributed by atoms with Crippen LogP contribution < -0.4 is 10.5 Å². The maximum absolute atomic E-state index is 8.81. The van der Waals surface area contributed by atoms with E-state index < -0.39 is 0 Å². The summed E-state index contributed by atoms with van der Waals surface area (Å²) in [6.45, 7) is 2.31. The van der Waals surface area contributed by atoms with E-state index in [-0.39, 0.29) is 5.84 Å². The molecule has 0 radical (unpaired) electrons. The number of amidine groups is 1. The summed E-state index contributed by atoms with van der Waals surface area (Å²) >= 11 is 5.83. The number of nitrogens with two attached hydrogens (primary N) is 1. The van der Waals surface area contributed by atoms with Crippen molar-refractivity contribution in [2.45, 2.75) is 13.5 Å². The van der Waals surface area contributed by atoms with Crippen molar-refractivity contribution in [2.24, 2.45) is 10.9 Å². The third-order valence-corrected chi connectivity index (χ3v) is 3.08. The zero-order chi connectivity index (χ0) is 14.5. The first-order valence-corrected chi connectivity index (χ1v) is 6.43. The molecule has 104 valence electrons. The summed E-state index contributed by atoms with van der Waals surface area (Å²) in [5.41, 5.74) is 8.22. The topological polar surface area (TPSA) is 67.8 Å². The fourth-order valence-electron chi connectivity index (χ4n) is 1.77. The number of aryl methyl sites for hydroxylation is 1. The predicted molar refractivity (Wildman–Crippen MR) is 79.5 cm³/mol. The quantitative estimate of drug-likeness (QED) is 0.393. The zero-order valence-electron chi connectivity index (χ0n) is 11.0. The van der Waals surface area contributed by atoms with Crippen molar-refractivity contribution in [3.05, 3.63) is 64.2 Å². The highest BCUT2D eigenvalue weighted by molar-refractivity contribution is 6.30. The van der Waals surface area contributed by atoms with Gasteiger partial charge in [0.25, 0.3) is 0 Å². The van der Waals surface area contributed by atoms with E-state index in [1.807, 2.05) is 31.2 Å². The van der Waals surface area contributed by atoms with Crippen molar-refractivity contribution in [1.29, 1.82) is 0 Å². The van der Waals surface area contributed by atoms with E-state index in [0.717, 1.165) is 11.1 Å². The molecule has 0 saturated heterocycles. The highest BCUT2D eigenvalue weighted by Crippen LogP contribution is 2.21. The van der Waals surface area contributed by atoms with E-state index in [2.05, 4.69) is 5.16 Å². The molecule has 0 aliphatic carbocycles. The normalized spacial score (nSPS) is 11.4. The molecule has 3 N–H and O–H groups in total. The van der Waals surface area contributed by atoms with Crippen molar-refractivity contribution >= 4 is 17.4 Å². The van der Waals surface area contributed by atoms with Gasteiger partial charge in [0.05, 0.1) is 5.56 Å². The zero-order valence-corrected chi connectivity index (χ0v) is 11.8. The molecular formula is C15H15ClN2O2. The Morgan fingerprint density at radius 2 is 1.95 bits per heavy atom. The van der Waals surface area contributed by atoms with Gasteiger partial charge in [0.1, 0.15) is 12.4 Å². The Balaban J connectivity index is 2.19. The monoisotopic (exact) mass is 290 g/mol. The van der Waals surface area contributed by atoms with Gasteiger partial charge in [0, 0.05) is 5.02 Å². The lowest BCUT2D eigenvalue weighted by molar-refractivity contribution is 0.303. The summed E-state index contributed by atoms with van der Waals surface area (Å²) in [6.07, 6.45) is 0. The smallest absolute Gasteiger partial charge is 0.173 e. The van der Waals surface area contributed by atoms with Gasteiger partial charge < -0.3 is 15.7 Å². The van der Waals surface area contributed by atoms with E-state index in [0.29, 0.717) is 22.9 Å². The second kappa shape index (κ2) is 6.30. The van der Waals surface area contributed by atoms with E-state index in [4.69, 9.17) is 27.3 Å². The molecule has 0 aliphatic rings. The van der Waals surface area contributed by atoms with Gasteiger partial charge in [-0.05, 0) is 36.8 Å². The summed E-state index contributed by atoms with van der Waals surface area (Å²) in [5, 5.41) is 12.5. The summed E-state index contributed by atoms with van der Waals surface area (Å²) < 4.78 is 5.73. The first kappa shape index (κ1) is 14.2. The number of halogens is 1. The number of hydrogen-bond acceptors (Lipinski definition) is 3. The van der Waals surface area contributed by atoms with Gasteiger partial charge in [0.2, 0.25) is 0 Å². The number of rotatable bonds is 4. The first-order valence-electron chi connectivity index (χ1n) is 6.06. The average Bonchev–Trinajstić information content (AvgIpc) is 2.46. The molecule has 0 fully saturated rings. The Morgan fingerprint density at radius 1 is 1.25 bits per heavy atom. The Hall–Kier alpha value is -2.20. The lowest BCUT2D eigenvalue weighted by Crippen LogP contribution is -2.15. The number of benzene rings is 2. The Bertz CT molecular complexity index is 624. The molecule has 20 heavy (non-hydrogen) atoms. The van der Waals surface area contributed by atoms with Crippen LogP contribution >= 0.6 is 11.6 Å². The van der Waals surface area contributed by atoms with E-state index in [1.165, 1.54) is 0 Å². The molecule has 5 heteroatoms. The molecule has 0 unspecified atom stereocenters.